The lowest BCUT2D eigenvalue weighted by atomic mass is 9.76. The second-order valence-electron chi connectivity index (χ2n) is 13.5. The largest absolute Gasteiger partial charge is 0.378 e. The topological polar surface area (TPSA) is 91.0 Å². The standard InChI is InChI=1S/C33H54N4O4/c1-21(2)26(20-24(5)30(39)37-15-17-41-18-16-37)36(12)31(40)28(32(6,7)8)35-29(38)27(34-11)33(9,10)25-14-13-22(3)23(4)19-25/h13-14,19-21,26-28,34H,15-18H2,1-12H3,(H,35,38)/b24-20+/t26-,27-,28-/m1/s1. The zero-order chi connectivity index (χ0) is 31.3. The molecule has 8 heteroatoms. The third-order valence-corrected chi connectivity index (χ3v) is 8.46. The van der Waals surface area contributed by atoms with Crippen molar-refractivity contribution in [3.05, 3.63) is 46.5 Å². The first kappa shape index (κ1) is 34.5. The number of carbonyl (C=O) groups excluding carboxylic acids is 3. The van der Waals surface area contributed by atoms with E-state index in [-0.39, 0.29) is 29.7 Å². The highest BCUT2D eigenvalue weighted by atomic mass is 16.5. The second kappa shape index (κ2) is 14.0. The predicted octanol–water partition coefficient (Wildman–Crippen LogP) is 3.99. The molecule has 0 radical (unpaired) electrons. The van der Waals surface area contributed by atoms with Crippen LogP contribution in [-0.4, -0.2) is 86.0 Å². The lowest BCUT2D eigenvalue weighted by molar-refractivity contribution is -0.141. The van der Waals surface area contributed by atoms with E-state index in [2.05, 4.69) is 42.7 Å². The van der Waals surface area contributed by atoms with Crippen LogP contribution in [0.4, 0.5) is 0 Å². The van der Waals surface area contributed by atoms with Crippen LogP contribution in [0.2, 0.25) is 0 Å². The summed E-state index contributed by atoms with van der Waals surface area (Å²) in [7, 11) is 3.54. The third-order valence-electron chi connectivity index (χ3n) is 8.46. The number of amides is 3. The lowest BCUT2D eigenvalue weighted by Gasteiger charge is -2.40. The van der Waals surface area contributed by atoms with Crippen molar-refractivity contribution in [1.29, 1.82) is 0 Å². The molecule has 0 unspecified atom stereocenters. The smallest absolute Gasteiger partial charge is 0.249 e. The molecule has 1 aromatic carbocycles. The van der Waals surface area contributed by atoms with Gasteiger partial charge in [0.1, 0.15) is 6.04 Å². The molecule has 0 spiro atoms. The number of hydrogen-bond acceptors (Lipinski definition) is 5. The first-order valence-corrected chi connectivity index (χ1v) is 14.8. The van der Waals surface area contributed by atoms with Crippen molar-refractivity contribution in [3.8, 4) is 0 Å². The zero-order valence-electron chi connectivity index (χ0n) is 27.5. The SMILES string of the molecule is CN[C@H](C(=O)N[C@H](C(=O)N(C)[C@H](/C=C(\C)C(=O)N1CCOCC1)C(C)C)C(C)(C)C)C(C)(C)c1ccc(C)c(C)c1. The molecule has 41 heavy (non-hydrogen) atoms. The number of ether oxygens (including phenoxy) is 1. The number of carbonyl (C=O) groups is 3. The molecule has 1 aromatic rings. The molecule has 3 amide bonds. The summed E-state index contributed by atoms with van der Waals surface area (Å²) in [4.78, 5) is 44.5. The number of aryl methyl sites for hydroxylation is 2. The monoisotopic (exact) mass is 570 g/mol. The molecule has 0 aromatic heterocycles. The second-order valence-corrected chi connectivity index (χ2v) is 13.5. The fourth-order valence-corrected chi connectivity index (χ4v) is 5.45. The van der Waals surface area contributed by atoms with Gasteiger partial charge in [-0.25, -0.2) is 0 Å². The van der Waals surface area contributed by atoms with Gasteiger partial charge in [-0.05, 0) is 55.8 Å². The molecule has 3 atom stereocenters. The number of nitrogens with one attached hydrogen (secondary N) is 2. The Balaban J connectivity index is 2.33. The summed E-state index contributed by atoms with van der Waals surface area (Å²) >= 11 is 0. The molecule has 1 saturated heterocycles. The molecule has 2 rings (SSSR count). The van der Waals surface area contributed by atoms with E-state index in [1.807, 2.05) is 54.5 Å². The summed E-state index contributed by atoms with van der Waals surface area (Å²) in [6, 6.07) is 4.63. The minimum Gasteiger partial charge on any atom is -0.378 e. The molecule has 1 aliphatic heterocycles. The Bertz CT molecular complexity index is 1110. The van der Waals surface area contributed by atoms with E-state index < -0.39 is 22.9 Å². The summed E-state index contributed by atoms with van der Waals surface area (Å²) < 4.78 is 5.38. The molecule has 0 aliphatic carbocycles. The van der Waals surface area contributed by atoms with Crippen LogP contribution in [0.3, 0.4) is 0 Å². The Morgan fingerprint density at radius 2 is 1.59 bits per heavy atom. The first-order valence-electron chi connectivity index (χ1n) is 14.8. The minimum atomic E-state index is -0.767. The average Bonchev–Trinajstić information content (AvgIpc) is 2.90. The van der Waals surface area contributed by atoms with Gasteiger partial charge in [-0.15, -0.1) is 0 Å². The van der Waals surface area contributed by atoms with Crippen molar-refractivity contribution in [2.24, 2.45) is 11.3 Å². The summed E-state index contributed by atoms with van der Waals surface area (Å²) in [5, 5.41) is 6.32. The summed E-state index contributed by atoms with van der Waals surface area (Å²) in [6.45, 7) is 22.2. The van der Waals surface area contributed by atoms with Crippen molar-refractivity contribution >= 4 is 17.7 Å². The van der Waals surface area contributed by atoms with Gasteiger partial charge < -0.3 is 25.2 Å². The highest BCUT2D eigenvalue weighted by Crippen LogP contribution is 2.30. The van der Waals surface area contributed by atoms with Crippen molar-refractivity contribution in [2.45, 2.75) is 92.8 Å². The van der Waals surface area contributed by atoms with E-state index in [9.17, 15) is 14.4 Å². The first-order chi connectivity index (χ1) is 18.9. The molecular weight excluding hydrogens is 516 g/mol. The number of morpholine rings is 1. The molecule has 8 nitrogen and oxygen atoms in total. The maximum atomic E-state index is 14.1. The van der Waals surface area contributed by atoms with E-state index in [4.69, 9.17) is 4.74 Å². The van der Waals surface area contributed by atoms with Gasteiger partial charge in [0.05, 0.1) is 25.3 Å². The van der Waals surface area contributed by atoms with Crippen LogP contribution in [0.25, 0.3) is 0 Å². The van der Waals surface area contributed by atoms with E-state index in [0.717, 1.165) is 5.56 Å². The molecule has 2 N–H and O–H groups in total. The van der Waals surface area contributed by atoms with Gasteiger partial charge in [0.25, 0.3) is 0 Å². The summed E-state index contributed by atoms with van der Waals surface area (Å²) in [6.07, 6.45) is 1.89. The molecule has 1 heterocycles. The Kier molecular flexibility index (Phi) is 11.8. The van der Waals surface area contributed by atoms with Crippen molar-refractivity contribution in [3.63, 3.8) is 0 Å². The Morgan fingerprint density at radius 1 is 1.00 bits per heavy atom. The van der Waals surface area contributed by atoms with Crippen LogP contribution < -0.4 is 10.6 Å². The fourth-order valence-electron chi connectivity index (χ4n) is 5.45. The fraction of sp³-hybridized carbons (Fsp3) is 0.667. The van der Waals surface area contributed by atoms with Crippen LogP contribution in [0.1, 0.15) is 72.1 Å². The predicted molar refractivity (Wildman–Crippen MR) is 166 cm³/mol. The highest BCUT2D eigenvalue weighted by molar-refractivity contribution is 5.94. The average molecular weight is 571 g/mol. The van der Waals surface area contributed by atoms with Gasteiger partial charge in [-0.3, -0.25) is 14.4 Å². The van der Waals surface area contributed by atoms with Crippen LogP contribution in [0, 0.1) is 25.2 Å². The van der Waals surface area contributed by atoms with Crippen LogP contribution in [0.15, 0.2) is 29.8 Å². The van der Waals surface area contributed by atoms with E-state index in [0.29, 0.717) is 31.9 Å². The highest BCUT2D eigenvalue weighted by Gasteiger charge is 2.41. The third kappa shape index (κ3) is 8.41. The molecule has 230 valence electrons. The Labute approximate surface area is 248 Å². The van der Waals surface area contributed by atoms with Crippen LogP contribution in [0.5, 0.6) is 0 Å². The van der Waals surface area contributed by atoms with E-state index in [1.165, 1.54) is 11.1 Å². The van der Waals surface area contributed by atoms with Gasteiger partial charge in [-0.2, -0.15) is 0 Å². The molecule has 0 bridgehead atoms. The molecule has 1 fully saturated rings. The van der Waals surface area contributed by atoms with Gasteiger partial charge in [0.15, 0.2) is 0 Å². The van der Waals surface area contributed by atoms with Crippen LogP contribution >= 0.6 is 0 Å². The summed E-state index contributed by atoms with van der Waals surface area (Å²) in [5.41, 5.74) is 2.95. The van der Waals surface area contributed by atoms with Crippen molar-refractivity contribution in [2.75, 3.05) is 40.4 Å². The van der Waals surface area contributed by atoms with Gasteiger partial charge >= 0.3 is 0 Å². The lowest BCUT2D eigenvalue weighted by Crippen LogP contribution is -2.61. The van der Waals surface area contributed by atoms with Gasteiger partial charge in [-0.1, -0.05) is 72.7 Å². The molecule has 1 aliphatic rings. The normalized spacial score (nSPS) is 17.2. The number of benzene rings is 1. The maximum absolute atomic E-state index is 14.1. The zero-order valence-corrected chi connectivity index (χ0v) is 27.5. The Morgan fingerprint density at radius 3 is 2.07 bits per heavy atom. The van der Waals surface area contributed by atoms with Crippen molar-refractivity contribution < 1.29 is 19.1 Å². The van der Waals surface area contributed by atoms with Gasteiger partial charge in [0.2, 0.25) is 17.7 Å². The molecule has 0 saturated carbocycles. The van der Waals surface area contributed by atoms with E-state index in [1.54, 1.807) is 30.8 Å². The van der Waals surface area contributed by atoms with Gasteiger partial charge in [0, 0.05) is 31.1 Å². The number of hydrogen-bond donors (Lipinski definition) is 2. The number of likely N-dealkylation sites (N-methyl/N-ethyl adjacent to an activating group) is 2. The number of nitrogens with zero attached hydrogens (tertiary/aromatic N) is 2. The quantitative estimate of drug-likeness (QED) is 0.415. The van der Waals surface area contributed by atoms with E-state index >= 15 is 0 Å². The Hall–Kier alpha value is -2.71. The minimum absolute atomic E-state index is 0.0362. The summed E-state index contributed by atoms with van der Waals surface area (Å²) in [5.74, 6) is -0.397. The maximum Gasteiger partial charge on any atom is 0.249 e. The van der Waals surface area contributed by atoms with Crippen molar-refractivity contribution in [1.82, 2.24) is 20.4 Å². The number of rotatable bonds is 10. The molecular formula is C33H54N4O4. The van der Waals surface area contributed by atoms with Crippen LogP contribution in [-0.2, 0) is 24.5 Å².